The number of ether oxygens (including phenoxy) is 4. The van der Waals surface area contributed by atoms with Gasteiger partial charge in [0.2, 0.25) is 0 Å². The monoisotopic (exact) mass is 490 g/mol. The zero-order chi connectivity index (χ0) is 25.5. The van der Waals surface area contributed by atoms with Crippen LogP contribution in [0.5, 0.6) is 0 Å². The molecule has 0 aromatic carbocycles. The maximum atomic E-state index is 13.4. The normalized spacial score (nSPS) is 13.7. The van der Waals surface area contributed by atoms with Gasteiger partial charge in [-0.15, -0.1) is 0 Å². The van der Waals surface area contributed by atoms with Crippen LogP contribution in [-0.2, 0) is 23.7 Å². The van der Waals surface area contributed by atoms with E-state index in [1.54, 1.807) is 20.8 Å². The molecule has 204 valence electrons. The lowest BCUT2D eigenvalue weighted by Gasteiger charge is -2.39. The number of rotatable bonds is 25. The average molecular weight is 491 g/mol. The van der Waals surface area contributed by atoms with E-state index in [0.29, 0.717) is 32.5 Å². The molecular weight excluding hydrogens is 436 g/mol. The summed E-state index contributed by atoms with van der Waals surface area (Å²) in [5.74, 6) is -2.28. The van der Waals surface area contributed by atoms with Crippen molar-refractivity contribution in [2.24, 2.45) is 0 Å². The van der Waals surface area contributed by atoms with Gasteiger partial charge in [-0.05, 0) is 47.1 Å². The van der Waals surface area contributed by atoms with Crippen LogP contribution in [0, 0.1) is 0 Å². The number of hydrogen-bond acceptors (Lipinski definition) is 7. The molecule has 0 aromatic heterocycles. The molecule has 0 radical (unpaired) electrons. The quantitative estimate of drug-likeness (QED) is 0.128. The molecule has 0 heterocycles. The molecule has 0 aliphatic heterocycles. The molecule has 0 rings (SSSR count). The van der Waals surface area contributed by atoms with Gasteiger partial charge in [-0.1, -0.05) is 58.3 Å². The van der Waals surface area contributed by atoms with Crippen LogP contribution in [0.4, 0.5) is 0 Å². The highest BCUT2D eigenvalue weighted by atomic mass is 16.9. The average Bonchev–Trinajstić information content (AvgIpc) is 2.81. The van der Waals surface area contributed by atoms with Crippen LogP contribution >= 0.6 is 0 Å². The first-order chi connectivity index (χ1) is 16.5. The summed E-state index contributed by atoms with van der Waals surface area (Å²) in [6, 6.07) is 0. The summed E-state index contributed by atoms with van der Waals surface area (Å²) < 4.78 is 23.2. The number of carbonyl (C=O) groups excluding carboxylic acids is 1. The van der Waals surface area contributed by atoms with Crippen molar-refractivity contribution in [2.75, 3.05) is 46.1 Å². The van der Waals surface area contributed by atoms with Crippen molar-refractivity contribution in [1.82, 2.24) is 10.6 Å². The molecule has 0 aromatic rings. The zero-order valence-corrected chi connectivity index (χ0v) is 22.7. The predicted molar refractivity (Wildman–Crippen MR) is 137 cm³/mol. The largest absolute Gasteiger partial charge is 0.395 e. The maximum Gasteiger partial charge on any atom is 0.367 e. The number of hydrogen-bond donors (Lipinski definition) is 3. The van der Waals surface area contributed by atoms with Crippen LogP contribution in [-0.4, -0.2) is 68.8 Å². The predicted octanol–water partition coefficient (Wildman–Crippen LogP) is 4.49. The molecule has 8 nitrogen and oxygen atoms in total. The third-order valence-corrected chi connectivity index (χ3v) is 5.72. The molecule has 0 spiro atoms. The molecule has 1 atom stereocenters. The number of carbonyl (C=O) groups is 1. The smallest absolute Gasteiger partial charge is 0.367 e. The molecule has 0 fully saturated rings. The third-order valence-electron chi connectivity index (χ3n) is 5.72. The van der Waals surface area contributed by atoms with Gasteiger partial charge in [0.15, 0.2) is 0 Å². The SMILES string of the molecule is CCCCCCCCCCCC(CCNCCO)(NC(=O)C(OCC)(OCC)OCC)OCC. The molecular formula is C26H54N2O6. The molecule has 0 aliphatic carbocycles. The van der Waals surface area contributed by atoms with Crippen molar-refractivity contribution in [1.29, 1.82) is 0 Å². The molecule has 8 heteroatoms. The van der Waals surface area contributed by atoms with Crippen LogP contribution in [0.1, 0.15) is 105 Å². The van der Waals surface area contributed by atoms with Crippen LogP contribution in [0.2, 0.25) is 0 Å². The Hall–Kier alpha value is -0.770. The van der Waals surface area contributed by atoms with Gasteiger partial charge in [0.25, 0.3) is 0 Å². The number of aliphatic hydroxyl groups excluding tert-OH is 1. The van der Waals surface area contributed by atoms with E-state index in [-0.39, 0.29) is 26.4 Å². The van der Waals surface area contributed by atoms with E-state index >= 15 is 0 Å². The van der Waals surface area contributed by atoms with E-state index < -0.39 is 17.6 Å². The second-order valence-corrected chi connectivity index (χ2v) is 8.54. The van der Waals surface area contributed by atoms with Crippen molar-refractivity contribution >= 4 is 5.91 Å². The van der Waals surface area contributed by atoms with E-state index in [4.69, 9.17) is 24.1 Å². The van der Waals surface area contributed by atoms with Crippen LogP contribution in [0.15, 0.2) is 0 Å². The van der Waals surface area contributed by atoms with Gasteiger partial charge in [0.05, 0.1) is 26.4 Å². The Balaban J connectivity index is 5.23. The highest BCUT2D eigenvalue weighted by Crippen LogP contribution is 2.25. The molecule has 0 saturated carbocycles. The Kier molecular flexibility index (Phi) is 21.0. The van der Waals surface area contributed by atoms with E-state index in [9.17, 15) is 4.79 Å². The number of unbranched alkanes of at least 4 members (excludes halogenated alkanes) is 8. The van der Waals surface area contributed by atoms with Crippen molar-refractivity contribution in [3.63, 3.8) is 0 Å². The highest BCUT2D eigenvalue weighted by Gasteiger charge is 2.46. The Bertz CT molecular complexity index is 463. The molecule has 34 heavy (non-hydrogen) atoms. The number of amides is 1. The van der Waals surface area contributed by atoms with E-state index in [1.807, 2.05) is 6.92 Å². The first kappa shape index (κ1) is 33.2. The van der Waals surface area contributed by atoms with Gasteiger partial charge in [0.1, 0.15) is 5.72 Å². The lowest BCUT2D eigenvalue weighted by Crippen LogP contribution is -2.61. The molecule has 1 unspecified atom stereocenters. The summed E-state index contributed by atoms with van der Waals surface area (Å²) in [7, 11) is 0. The van der Waals surface area contributed by atoms with Gasteiger partial charge in [-0.3, -0.25) is 4.79 Å². The molecule has 0 saturated heterocycles. The lowest BCUT2D eigenvalue weighted by molar-refractivity contribution is -0.352. The second-order valence-electron chi connectivity index (χ2n) is 8.54. The fraction of sp³-hybridized carbons (Fsp3) is 0.962. The Morgan fingerprint density at radius 2 is 1.18 bits per heavy atom. The summed E-state index contributed by atoms with van der Waals surface area (Å²) >= 11 is 0. The van der Waals surface area contributed by atoms with Crippen LogP contribution in [0.3, 0.4) is 0 Å². The molecule has 1 amide bonds. The highest BCUT2D eigenvalue weighted by molar-refractivity contribution is 5.82. The topological polar surface area (TPSA) is 98.3 Å². The fourth-order valence-corrected chi connectivity index (χ4v) is 4.10. The van der Waals surface area contributed by atoms with Gasteiger partial charge in [-0.25, -0.2) is 0 Å². The Morgan fingerprint density at radius 1 is 0.676 bits per heavy atom. The first-order valence-electron chi connectivity index (χ1n) is 13.7. The van der Waals surface area contributed by atoms with Gasteiger partial charge >= 0.3 is 11.9 Å². The second kappa shape index (κ2) is 21.5. The van der Waals surface area contributed by atoms with Gasteiger partial charge in [-0.2, -0.15) is 0 Å². The van der Waals surface area contributed by atoms with Crippen molar-refractivity contribution in [3.8, 4) is 0 Å². The molecule has 3 N–H and O–H groups in total. The number of nitrogens with one attached hydrogen (secondary N) is 2. The maximum absolute atomic E-state index is 13.4. The van der Waals surface area contributed by atoms with Crippen molar-refractivity contribution in [3.05, 3.63) is 0 Å². The van der Waals surface area contributed by atoms with Crippen molar-refractivity contribution in [2.45, 2.75) is 117 Å². The summed E-state index contributed by atoms with van der Waals surface area (Å²) in [6.45, 7) is 12.0. The minimum absolute atomic E-state index is 0.0639. The summed E-state index contributed by atoms with van der Waals surface area (Å²) in [6.07, 6.45) is 12.3. The van der Waals surface area contributed by atoms with Crippen LogP contribution < -0.4 is 10.6 Å². The van der Waals surface area contributed by atoms with Crippen LogP contribution in [0.25, 0.3) is 0 Å². The molecule has 0 aliphatic rings. The summed E-state index contributed by atoms with van der Waals surface area (Å²) in [4.78, 5) is 13.4. The number of aliphatic hydroxyl groups is 1. The lowest BCUT2D eigenvalue weighted by atomic mass is 9.98. The van der Waals surface area contributed by atoms with Gasteiger partial charge < -0.3 is 34.7 Å². The fourth-order valence-electron chi connectivity index (χ4n) is 4.10. The minimum atomic E-state index is -1.79. The summed E-state index contributed by atoms with van der Waals surface area (Å²) in [5, 5.41) is 15.4. The summed E-state index contributed by atoms with van der Waals surface area (Å²) in [5.41, 5.74) is -0.869. The Labute approximate surface area is 208 Å². The minimum Gasteiger partial charge on any atom is -0.395 e. The first-order valence-corrected chi connectivity index (χ1v) is 13.7. The third kappa shape index (κ3) is 14.0. The standard InChI is InChI=1S/C26H54N2O6/c1-6-11-12-13-14-15-16-17-18-19-25(31-7-2,20-21-27-22-23-29)28-24(30)26(32-8-3,33-9-4)34-10-5/h27,29H,6-23H2,1-5H3,(H,28,30). The van der Waals surface area contributed by atoms with E-state index in [0.717, 1.165) is 12.8 Å². The van der Waals surface area contributed by atoms with E-state index in [1.165, 1.54) is 44.9 Å². The zero-order valence-electron chi connectivity index (χ0n) is 22.7. The van der Waals surface area contributed by atoms with Crippen molar-refractivity contribution < 1.29 is 28.8 Å². The molecule has 0 bridgehead atoms. The van der Waals surface area contributed by atoms with Gasteiger partial charge in [0, 0.05) is 19.6 Å². The van der Waals surface area contributed by atoms with E-state index in [2.05, 4.69) is 17.6 Å². The Morgan fingerprint density at radius 3 is 1.65 bits per heavy atom.